The van der Waals surface area contributed by atoms with Crippen LogP contribution < -0.4 is 28.7 Å². The highest BCUT2D eigenvalue weighted by atomic mass is 32.2. The highest BCUT2D eigenvalue weighted by Crippen LogP contribution is 2.34. The molecule has 10 nitrogen and oxygen atoms in total. The van der Waals surface area contributed by atoms with E-state index < -0.39 is 22.5 Å². The minimum absolute atomic E-state index is 0.0270. The fourth-order valence-electron chi connectivity index (χ4n) is 4.09. The molecular weight excluding hydrogens is 570 g/mol. The van der Waals surface area contributed by atoms with E-state index in [1.54, 1.807) is 42.5 Å². The number of hydrogen-bond acceptors (Lipinski definition) is 8. The van der Waals surface area contributed by atoms with Gasteiger partial charge in [0.05, 0.1) is 37.6 Å². The first-order chi connectivity index (χ1) is 20.8. The van der Waals surface area contributed by atoms with Crippen LogP contribution in [0.2, 0.25) is 0 Å². The number of ether oxygens (including phenoxy) is 4. The molecule has 0 fully saturated rings. The third-order valence-electron chi connectivity index (χ3n) is 6.18. The molecule has 0 atom stereocenters. The molecule has 1 amide bonds. The number of nitrogens with one attached hydrogen (secondary N) is 1. The van der Waals surface area contributed by atoms with Gasteiger partial charge in [-0.25, -0.2) is 13.8 Å². The van der Waals surface area contributed by atoms with E-state index in [0.29, 0.717) is 41.8 Å². The van der Waals surface area contributed by atoms with Crippen LogP contribution in [-0.4, -0.2) is 47.9 Å². The second kappa shape index (κ2) is 14.7. The highest BCUT2D eigenvalue weighted by Gasteiger charge is 2.28. The van der Waals surface area contributed by atoms with E-state index in [2.05, 4.69) is 10.5 Å². The summed E-state index contributed by atoms with van der Waals surface area (Å²) < 4.78 is 50.5. The first-order valence-corrected chi connectivity index (χ1v) is 14.8. The van der Waals surface area contributed by atoms with Gasteiger partial charge < -0.3 is 18.9 Å². The van der Waals surface area contributed by atoms with E-state index in [1.807, 2.05) is 37.3 Å². The maximum Gasteiger partial charge on any atom is 0.264 e. The summed E-state index contributed by atoms with van der Waals surface area (Å²) in [6, 6.07) is 27.5. The van der Waals surface area contributed by atoms with E-state index in [0.717, 1.165) is 9.87 Å². The maximum absolute atomic E-state index is 13.6. The van der Waals surface area contributed by atoms with Crippen molar-refractivity contribution in [2.75, 3.05) is 31.7 Å². The lowest BCUT2D eigenvalue weighted by Gasteiger charge is -2.24. The lowest BCUT2D eigenvalue weighted by molar-refractivity contribution is -0.119. The van der Waals surface area contributed by atoms with Crippen molar-refractivity contribution in [1.82, 2.24) is 5.43 Å². The normalized spacial score (nSPS) is 11.1. The number of methoxy groups -OCH3 is 2. The average Bonchev–Trinajstić information content (AvgIpc) is 3.04. The Morgan fingerprint density at radius 1 is 0.814 bits per heavy atom. The number of nitrogens with zero attached hydrogens (tertiary/aromatic N) is 2. The minimum Gasteiger partial charge on any atom is -0.493 e. The van der Waals surface area contributed by atoms with Gasteiger partial charge in [-0.1, -0.05) is 48.5 Å². The Labute approximate surface area is 251 Å². The molecule has 0 bridgehead atoms. The standard InChI is InChI=1S/C32H33N3O7S/c1-4-41-31-19-25(15-17-29(31)42-23-24-11-7-5-8-12-24)21-33-34-32(36)22-35(43(37,38)27-13-9-6-10-14-27)26-16-18-28(39-2)30(20-26)40-3/h5-21H,4,22-23H2,1-3H3,(H,34,36)/b33-21+. The van der Waals surface area contributed by atoms with Crippen LogP contribution >= 0.6 is 0 Å². The average molecular weight is 604 g/mol. The van der Waals surface area contributed by atoms with E-state index in [9.17, 15) is 13.2 Å². The highest BCUT2D eigenvalue weighted by molar-refractivity contribution is 7.92. The fourth-order valence-corrected chi connectivity index (χ4v) is 5.52. The van der Waals surface area contributed by atoms with Crippen molar-refractivity contribution in [3.63, 3.8) is 0 Å². The Morgan fingerprint density at radius 3 is 2.16 bits per heavy atom. The summed E-state index contributed by atoms with van der Waals surface area (Å²) in [6.45, 7) is 2.14. The molecule has 0 heterocycles. The van der Waals surface area contributed by atoms with Gasteiger partial charge in [0, 0.05) is 6.07 Å². The number of benzene rings is 4. The quantitative estimate of drug-likeness (QED) is 0.159. The van der Waals surface area contributed by atoms with Crippen LogP contribution in [0.4, 0.5) is 5.69 Å². The van der Waals surface area contributed by atoms with Gasteiger partial charge >= 0.3 is 0 Å². The molecular formula is C32H33N3O7S. The predicted molar refractivity (Wildman–Crippen MR) is 165 cm³/mol. The Kier molecular flexibility index (Phi) is 10.6. The largest absolute Gasteiger partial charge is 0.493 e. The Balaban J connectivity index is 1.50. The van der Waals surface area contributed by atoms with Crippen molar-refractivity contribution in [3.05, 3.63) is 108 Å². The summed E-state index contributed by atoms with van der Waals surface area (Å²) in [4.78, 5) is 13.0. The Morgan fingerprint density at radius 2 is 1.49 bits per heavy atom. The SMILES string of the molecule is CCOc1cc(/C=N/NC(=O)CN(c2ccc(OC)c(OC)c2)S(=O)(=O)c2ccccc2)ccc1OCc1ccccc1. The first-order valence-electron chi connectivity index (χ1n) is 13.4. The van der Waals surface area contributed by atoms with Crippen LogP contribution in [0.25, 0.3) is 0 Å². The number of hydrazone groups is 1. The van der Waals surface area contributed by atoms with Crippen LogP contribution in [0.15, 0.2) is 107 Å². The molecule has 0 radical (unpaired) electrons. The lowest BCUT2D eigenvalue weighted by Crippen LogP contribution is -2.39. The summed E-state index contributed by atoms with van der Waals surface area (Å²) in [5.41, 5.74) is 4.30. The summed E-state index contributed by atoms with van der Waals surface area (Å²) in [7, 11) is -1.20. The van der Waals surface area contributed by atoms with Gasteiger partial charge in [-0.15, -0.1) is 0 Å². The summed E-state index contributed by atoms with van der Waals surface area (Å²) in [6.07, 6.45) is 1.44. The Bertz CT molecular complexity index is 1650. The predicted octanol–water partition coefficient (Wildman–Crippen LogP) is 5.03. The van der Waals surface area contributed by atoms with Crippen LogP contribution in [0, 0.1) is 0 Å². The maximum atomic E-state index is 13.6. The number of hydrogen-bond donors (Lipinski definition) is 1. The molecule has 224 valence electrons. The molecule has 0 saturated heterocycles. The van der Waals surface area contributed by atoms with Crippen molar-refractivity contribution in [1.29, 1.82) is 0 Å². The van der Waals surface area contributed by atoms with E-state index in [1.165, 1.54) is 44.7 Å². The Hall–Kier alpha value is -5.03. The summed E-state index contributed by atoms with van der Waals surface area (Å²) in [5, 5.41) is 4.04. The van der Waals surface area contributed by atoms with Crippen molar-refractivity contribution in [3.8, 4) is 23.0 Å². The third kappa shape index (κ3) is 8.04. The third-order valence-corrected chi connectivity index (χ3v) is 7.97. The molecule has 4 rings (SSSR count). The molecule has 0 aliphatic carbocycles. The van der Waals surface area contributed by atoms with Gasteiger partial charge in [-0.05, 0) is 60.5 Å². The summed E-state index contributed by atoms with van der Waals surface area (Å²) >= 11 is 0. The fraction of sp³-hybridized carbons (Fsp3) is 0.188. The smallest absolute Gasteiger partial charge is 0.264 e. The van der Waals surface area contributed by atoms with Crippen LogP contribution in [0.5, 0.6) is 23.0 Å². The van der Waals surface area contributed by atoms with Gasteiger partial charge in [0.25, 0.3) is 15.9 Å². The molecule has 0 saturated carbocycles. The molecule has 0 unspecified atom stereocenters. The van der Waals surface area contributed by atoms with Crippen LogP contribution in [0.1, 0.15) is 18.1 Å². The van der Waals surface area contributed by atoms with E-state index in [4.69, 9.17) is 18.9 Å². The van der Waals surface area contributed by atoms with Crippen LogP contribution in [-0.2, 0) is 21.4 Å². The summed E-state index contributed by atoms with van der Waals surface area (Å²) in [5.74, 6) is 1.18. The van der Waals surface area contributed by atoms with Crippen LogP contribution in [0.3, 0.4) is 0 Å². The molecule has 0 aliphatic rings. The van der Waals surface area contributed by atoms with Crippen molar-refractivity contribution in [2.24, 2.45) is 5.10 Å². The van der Waals surface area contributed by atoms with E-state index >= 15 is 0 Å². The molecule has 43 heavy (non-hydrogen) atoms. The second-order valence-electron chi connectivity index (χ2n) is 9.07. The van der Waals surface area contributed by atoms with Crippen molar-refractivity contribution >= 4 is 27.8 Å². The first kappa shape index (κ1) is 30.9. The zero-order valence-electron chi connectivity index (χ0n) is 24.1. The van der Waals surface area contributed by atoms with E-state index in [-0.39, 0.29) is 10.6 Å². The zero-order valence-corrected chi connectivity index (χ0v) is 24.9. The number of carbonyl (C=O) groups excluding carboxylic acids is 1. The molecule has 0 aliphatic heterocycles. The molecule has 0 aromatic heterocycles. The number of carbonyl (C=O) groups is 1. The zero-order chi connectivity index (χ0) is 30.7. The second-order valence-corrected chi connectivity index (χ2v) is 10.9. The van der Waals surface area contributed by atoms with Gasteiger partial charge in [-0.3, -0.25) is 9.10 Å². The van der Waals surface area contributed by atoms with Gasteiger partial charge in [-0.2, -0.15) is 5.10 Å². The molecule has 0 spiro atoms. The molecule has 4 aromatic rings. The lowest BCUT2D eigenvalue weighted by atomic mass is 10.2. The number of sulfonamides is 1. The van der Waals surface area contributed by atoms with Gasteiger partial charge in [0.1, 0.15) is 13.2 Å². The van der Waals surface area contributed by atoms with Gasteiger partial charge in [0.15, 0.2) is 23.0 Å². The minimum atomic E-state index is -4.12. The topological polar surface area (TPSA) is 116 Å². The monoisotopic (exact) mass is 603 g/mol. The van der Waals surface area contributed by atoms with Crippen molar-refractivity contribution < 1.29 is 32.2 Å². The molecule has 11 heteroatoms. The van der Waals surface area contributed by atoms with Crippen molar-refractivity contribution in [2.45, 2.75) is 18.4 Å². The molecule has 4 aromatic carbocycles. The number of rotatable bonds is 14. The number of anilines is 1. The number of amides is 1. The molecule has 1 N–H and O–H groups in total. The van der Waals surface area contributed by atoms with Gasteiger partial charge in [0.2, 0.25) is 0 Å².